The van der Waals surface area contributed by atoms with Gasteiger partial charge in [0.05, 0.1) is 54.3 Å². The first-order valence-electron chi connectivity index (χ1n) is 16.7. The summed E-state index contributed by atoms with van der Waals surface area (Å²) >= 11 is 2.42. The smallest absolute Gasteiger partial charge is 0.266 e. The van der Waals surface area contributed by atoms with Gasteiger partial charge in [-0.1, -0.05) is 90.3 Å². The highest BCUT2D eigenvalue weighted by Crippen LogP contribution is 2.67. The van der Waals surface area contributed by atoms with Gasteiger partial charge in [0.2, 0.25) is 0 Å². The number of carbonyl (C=O) groups is 2. The van der Waals surface area contributed by atoms with Crippen molar-refractivity contribution in [3.05, 3.63) is 102 Å². The third kappa shape index (κ3) is 5.79. The summed E-state index contributed by atoms with van der Waals surface area (Å²) in [6.07, 6.45) is 1.82. The minimum atomic E-state index is -4.28. The van der Waals surface area contributed by atoms with Crippen LogP contribution in [-0.4, -0.2) is 106 Å². The summed E-state index contributed by atoms with van der Waals surface area (Å²) < 4.78 is 53.5. The number of methoxy groups -OCH3 is 2. The van der Waals surface area contributed by atoms with Gasteiger partial charge in [-0.2, -0.15) is 0 Å². The number of likely N-dealkylation sites (N-methyl/N-ethyl adjacent to an activating group) is 1. The van der Waals surface area contributed by atoms with Crippen molar-refractivity contribution in [1.82, 2.24) is 9.80 Å². The zero-order chi connectivity index (χ0) is 35.8. The molecule has 0 radical (unpaired) electrons. The summed E-state index contributed by atoms with van der Waals surface area (Å²) in [7, 11) is 0.523. The Morgan fingerprint density at radius 2 is 1.51 bits per heavy atom. The Morgan fingerprint density at radius 1 is 0.843 bits per heavy atom. The predicted molar refractivity (Wildman–Crippen MR) is 197 cm³/mol. The molecule has 2 amide bonds. The summed E-state index contributed by atoms with van der Waals surface area (Å²) in [6, 6.07) is 23.8. The molecule has 4 aliphatic rings. The van der Waals surface area contributed by atoms with Gasteiger partial charge in [0.15, 0.2) is 10.2 Å². The molecule has 0 bridgehead atoms. The molecule has 0 N–H and O–H groups in total. The molecular formula is C37H41N3O8S3. The van der Waals surface area contributed by atoms with Crippen LogP contribution in [0.4, 0.5) is 5.69 Å². The molecule has 0 spiro atoms. The second-order valence-electron chi connectivity index (χ2n) is 12.7. The first-order valence-corrected chi connectivity index (χ1v) is 20.2. The van der Waals surface area contributed by atoms with Crippen molar-refractivity contribution < 1.29 is 37.0 Å². The number of amides is 2. The van der Waals surface area contributed by atoms with E-state index in [-0.39, 0.29) is 35.0 Å². The van der Waals surface area contributed by atoms with Crippen molar-refractivity contribution in [1.29, 1.82) is 0 Å². The lowest BCUT2D eigenvalue weighted by molar-refractivity contribution is -0.157. The molecule has 270 valence electrons. The molecule has 0 aromatic heterocycles. The second-order valence-corrected chi connectivity index (χ2v) is 16.8. The molecule has 3 aromatic carbocycles. The number of nitrogens with zero attached hydrogens (tertiary/aromatic N) is 3. The van der Waals surface area contributed by atoms with Crippen LogP contribution in [0.5, 0.6) is 0 Å². The van der Waals surface area contributed by atoms with E-state index >= 15 is 18.0 Å². The maximum absolute atomic E-state index is 15.2. The van der Waals surface area contributed by atoms with Crippen LogP contribution in [0.15, 0.2) is 89.8 Å². The van der Waals surface area contributed by atoms with Gasteiger partial charge in [-0.3, -0.25) is 14.5 Å². The zero-order valence-corrected chi connectivity index (χ0v) is 31.2. The maximum atomic E-state index is 15.2. The van der Waals surface area contributed by atoms with Crippen molar-refractivity contribution in [2.75, 3.05) is 63.9 Å². The van der Waals surface area contributed by atoms with Gasteiger partial charge in [0, 0.05) is 27.7 Å². The van der Waals surface area contributed by atoms with Crippen LogP contribution in [0.25, 0.3) is 5.57 Å². The van der Waals surface area contributed by atoms with E-state index in [1.165, 1.54) is 32.7 Å². The average Bonchev–Trinajstić information content (AvgIpc) is 3.79. The molecule has 2 fully saturated rings. The Labute approximate surface area is 307 Å². The van der Waals surface area contributed by atoms with Crippen LogP contribution in [0.2, 0.25) is 0 Å². The summed E-state index contributed by atoms with van der Waals surface area (Å²) in [5.41, 5.74) is 3.13. The minimum Gasteiger partial charge on any atom is -0.382 e. The van der Waals surface area contributed by atoms with Gasteiger partial charge in [0.1, 0.15) is 6.17 Å². The van der Waals surface area contributed by atoms with Gasteiger partial charge in [-0.05, 0) is 46.9 Å². The van der Waals surface area contributed by atoms with Gasteiger partial charge >= 0.3 is 0 Å². The van der Waals surface area contributed by atoms with Gasteiger partial charge in [-0.25, -0.2) is 12.7 Å². The van der Waals surface area contributed by atoms with Crippen molar-refractivity contribution in [2.24, 2.45) is 0 Å². The van der Waals surface area contributed by atoms with Crippen molar-refractivity contribution >= 4 is 56.6 Å². The van der Waals surface area contributed by atoms with Crippen LogP contribution in [-0.2, 0) is 50.4 Å². The first kappa shape index (κ1) is 36.0. The monoisotopic (exact) mass is 751 g/mol. The number of sulfonamides is 1. The topological polar surface area (TPSA) is 115 Å². The number of anilines is 1. The number of thioether (sulfide) groups is 2. The standard InChI is InChI=1S/C37H41N3O8S3/c1-38-33(49-24-47-21-19-45-2)32(41)39-34-36(29-18-17-26-11-7-8-14-28(26)29,23-37(39,35(38)42)50-25-48-22-20-46-3)30-15-9-10-16-31(30)40(34)51(43,44)27-12-5-4-6-13-27/h4-16,18,33-34H,17,19-25H2,1-3H3/t33-,34-,36-,37-/m0/s1. The molecule has 1 aliphatic carbocycles. The number of fused-ring (bicyclic) bond motifs is 6. The lowest BCUT2D eigenvalue weighted by Gasteiger charge is -2.49. The van der Waals surface area contributed by atoms with Gasteiger partial charge in [-0.15, -0.1) is 0 Å². The van der Waals surface area contributed by atoms with E-state index in [0.717, 1.165) is 22.3 Å². The molecule has 2 saturated heterocycles. The average molecular weight is 752 g/mol. The number of rotatable bonds is 15. The van der Waals surface area contributed by atoms with Crippen LogP contribution < -0.4 is 4.31 Å². The molecule has 0 saturated carbocycles. The number of allylic oxidation sites excluding steroid dienone is 1. The molecular weight excluding hydrogens is 711 g/mol. The summed E-state index contributed by atoms with van der Waals surface area (Å²) in [4.78, 5) is 32.0. The molecule has 14 heteroatoms. The molecule has 3 heterocycles. The minimum absolute atomic E-state index is 0.0795. The third-order valence-corrected chi connectivity index (χ3v) is 14.3. The van der Waals surface area contributed by atoms with E-state index < -0.39 is 31.8 Å². The number of ether oxygens (including phenoxy) is 4. The van der Waals surface area contributed by atoms with E-state index in [9.17, 15) is 0 Å². The molecule has 4 atom stereocenters. The number of hydrogen-bond acceptors (Lipinski definition) is 10. The quantitative estimate of drug-likeness (QED) is 0.162. The molecule has 0 unspecified atom stereocenters. The fourth-order valence-electron chi connectivity index (χ4n) is 7.90. The lowest BCUT2D eigenvalue weighted by atomic mass is 9.70. The number of piperazine rings is 1. The first-order chi connectivity index (χ1) is 24.7. The number of carbonyl (C=O) groups excluding carboxylic acids is 2. The molecule has 7 rings (SSSR count). The maximum Gasteiger partial charge on any atom is 0.266 e. The van der Waals surface area contributed by atoms with Gasteiger partial charge < -0.3 is 23.8 Å². The fourth-order valence-corrected chi connectivity index (χ4v) is 11.8. The Hall–Kier alpha value is -3.37. The SMILES string of the molecule is COCCOCS[C@H]1C(=O)N2[C@H]3N(S(=O)(=O)c4ccccc4)c4ccccc4[C@@]3(C3=CCc4ccccc43)C[C@]2(SCOCCOC)C(=O)N1C. The van der Waals surface area contributed by atoms with E-state index in [1.807, 2.05) is 36.4 Å². The highest BCUT2D eigenvalue weighted by Gasteiger charge is 2.75. The lowest BCUT2D eigenvalue weighted by Crippen LogP contribution is -2.70. The summed E-state index contributed by atoms with van der Waals surface area (Å²) in [6.45, 7) is 1.36. The van der Waals surface area contributed by atoms with Crippen molar-refractivity contribution in [2.45, 2.75) is 39.6 Å². The van der Waals surface area contributed by atoms with Crippen LogP contribution >= 0.6 is 23.5 Å². The number of hydrogen-bond donors (Lipinski definition) is 0. The van der Waals surface area contributed by atoms with Crippen LogP contribution in [0.3, 0.4) is 0 Å². The highest BCUT2D eigenvalue weighted by atomic mass is 32.2. The van der Waals surface area contributed by atoms with E-state index in [4.69, 9.17) is 18.9 Å². The summed E-state index contributed by atoms with van der Waals surface area (Å²) in [5.74, 6) is -0.462. The Morgan fingerprint density at radius 3 is 2.25 bits per heavy atom. The largest absolute Gasteiger partial charge is 0.382 e. The van der Waals surface area contributed by atoms with E-state index in [2.05, 4.69) is 12.1 Å². The van der Waals surface area contributed by atoms with E-state index in [0.29, 0.717) is 38.5 Å². The normalized spacial score (nSPS) is 25.2. The van der Waals surface area contributed by atoms with Crippen molar-refractivity contribution in [3.63, 3.8) is 0 Å². The van der Waals surface area contributed by atoms with Gasteiger partial charge in [0.25, 0.3) is 21.8 Å². The predicted octanol–water partition coefficient (Wildman–Crippen LogP) is 4.53. The summed E-state index contributed by atoms with van der Waals surface area (Å²) in [5, 5.41) is -0.964. The molecule has 51 heavy (non-hydrogen) atoms. The fraction of sp³-hybridized carbons (Fsp3) is 0.405. The van der Waals surface area contributed by atoms with Crippen LogP contribution in [0, 0.1) is 0 Å². The Kier molecular flexibility index (Phi) is 10.3. The van der Waals surface area contributed by atoms with Crippen molar-refractivity contribution in [3.8, 4) is 0 Å². The van der Waals surface area contributed by atoms with E-state index in [1.54, 1.807) is 62.6 Å². The molecule has 3 aliphatic heterocycles. The zero-order valence-electron chi connectivity index (χ0n) is 28.7. The second kappa shape index (κ2) is 14.6. The number of benzene rings is 3. The highest BCUT2D eigenvalue weighted by molar-refractivity contribution is 8.01. The third-order valence-electron chi connectivity index (χ3n) is 10.1. The Bertz CT molecular complexity index is 1930. The molecule has 11 nitrogen and oxygen atoms in total. The number of para-hydroxylation sites is 1. The van der Waals surface area contributed by atoms with Crippen LogP contribution in [0.1, 0.15) is 23.1 Å². The molecule has 3 aromatic rings. The Balaban J connectivity index is 1.45.